The molecule has 1 N–H and O–H groups in total. The summed E-state index contributed by atoms with van der Waals surface area (Å²) in [5.74, 6) is 0.523. The summed E-state index contributed by atoms with van der Waals surface area (Å²) in [6, 6.07) is 19.0. The molecule has 1 aromatic heterocycles. The van der Waals surface area contributed by atoms with Gasteiger partial charge in [-0.15, -0.1) is 10.2 Å². The highest BCUT2D eigenvalue weighted by Gasteiger charge is 2.12. The highest BCUT2D eigenvalue weighted by atomic mass is 16.5. The number of fused-ring (bicyclic) bond motifs is 1. The van der Waals surface area contributed by atoms with Gasteiger partial charge < -0.3 is 15.0 Å². The van der Waals surface area contributed by atoms with Crippen LogP contribution in [0.1, 0.15) is 29.8 Å². The Morgan fingerprint density at radius 3 is 2.19 bits per heavy atom. The Morgan fingerprint density at radius 2 is 1.59 bits per heavy atom. The lowest BCUT2D eigenvalue weighted by molar-refractivity contribution is 0.102. The molecule has 0 aliphatic heterocycles. The minimum Gasteiger partial charge on any atom is -0.497 e. The molecule has 0 saturated carbocycles. The minimum absolute atomic E-state index is 0.186. The van der Waals surface area contributed by atoms with Gasteiger partial charge in [-0.25, -0.2) is 0 Å². The van der Waals surface area contributed by atoms with E-state index in [9.17, 15) is 4.79 Å². The Morgan fingerprint density at radius 1 is 0.969 bits per heavy atom. The van der Waals surface area contributed by atoms with Gasteiger partial charge in [0.1, 0.15) is 16.8 Å². The predicted molar refractivity (Wildman–Crippen MR) is 128 cm³/mol. The molecule has 4 rings (SSSR count). The number of benzene rings is 3. The summed E-state index contributed by atoms with van der Waals surface area (Å²) < 4.78 is 5.15. The second-order valence-corrected chi connectivity index (χ2v) is 7.52. The Hall–Kier alpha value is -3.87. The van der Waals surface area contributed by atoms with Gasteiger partial charge >= 0.3 is 0 Å². The zero-order chi connectivity index (χ0) is 22.7. The third-order valence-corrected chi connectivity index (χ3v) is 5.54. The second-order valence-electron chi connectivity index (χ2n) is 7.52. The highest BCUT2D eigenvalue weighted by molar-refractivity contribution is 6.05. The number of aryl methyl sites for hydroxylation is 1. The third-order valence-electron chi connectivity index (χ3n) is 5.54. The summed E-state index contributed by atoms with van der Waals surface area (Å²) in [6.07, 6.45) is 0. The molecule has 0 fully saturated rings. The Kier molecular flexibility index (Phi) is 6.07. The molecule has 3 aromatic carbocycles. The standard InChI is InChI=1S/C25H27N5O2/c1-5-29(6-2)19-9-11-20(12-10-19)30-27-23-15-17(3)22(16-24(23)28-30)26-25(31)18-7-13-21(32-4)14-8-18/h7-16H,5-6H2,1-4H3,(H,26,31). The first-order chi connectivity index (χ1) is 15.5. The molecule has 4 aromatic rings. The van der Waals surface area contributed by atoms with Gasteiger partial charge in [-0.3, -0.25) is 4.79 Å². The molecular formula is C25H27N5O2. The van der Waals surface area contributed by atoms with Gasteiger partial charge in [-0.1, -0.05) is 0 Å². The van der Waals surface area contributed by atoms with Crippen molar-refractivity contribution >= 4 is 28.3 Å². The molecule has 0 radical (unpaired) electrons. The lowest BCUT2D eigenvalue weighted by Gasteiger charge is -2.20. The summed E-state index contributed by atoms with van der Waals surface area (Å²) >= 11 is 0. The van der Waals surface area contributed by atoms with E-state index in [-0.39, 0.29) is 5.91 Å². The predicted octanol–water partition coefficient (Wildman–Crippen LogP) is 4.84. The van der Waals surface area contributed by atoms with E-state index in [1.165, 1.54) is 5.69 Å². The normalized spacial score (nSPS) is 10.9. The summed E-state index contributed by atoms with van der Waals surface area (Å²) in [4.78, 5) is 16.6. The van der Waals surface area contributed by atoms with Crippen molar-refractivity contribution in [3.05, 3.63) is 71.8 Å². The van der Waals surface area contributed by atoms with Crippen molar-refractivity contribution in [2.45, 2.75) is 20.8 Å². The molecule has 0 aliphatic rings. The maximum Gasteiger partial charge on any atom is 0.255 e. The van der Waals surface area contributed by atoms with E-state index in [0.29, 0.717) is 22.5 Å². The van der Waals surface area contributed by atoms with Crippen LogP contribution >= 0.6 is 0 Å². The van der Waals surface area contributed by atoms with E-state index in [1.807, 2.05) is 31.2 Å². The number of hydrogen-bond acceptors (Lipinski definition) is 5. The smallest absolute Gasteiger partial charge is 0.255 e. The fourth-order valence-electron chi connectivity index (χ4n) is 3.64. The molecule has 0 atom stereocenters. The molecule has 164 valence electrons. The lowest BCUT2D eigenvalue weighted by Crippen LogP contribution is -2.21. The van der Waals surface area contributed by atoms with E-state index in [4.69, 9.17) is 4.74 Å². The number of hydrogen-bond donors (Lipinski definition) is 1. The van der Waals surface area contributed by atoms with Crippen molar-refractivity contribution in [1.82, 2.24) is 15.0 Å². The van der Waals surface area contributed by atoms with Crippen LogP contribution in [0, 0.1) is 6.92 Å². The van der Waals surface area contributed by atoms with E-state index in [1.54, 1.807) is 36.2 Å². The molecule has 7 nitrogen and oxygen atoms in total. The summed E-state index contributed by atoms with van der Waals surface area (Å²) in [7, 11) is 1.60. The number of amides is 1. The third kappa shape index (κ3) is 4.27. The Labute approximate surface area is 187 Å². The molecular weight excluding hydrogens is 402 g/mol. The number of nitrogens with zero attached hydrogens (tertiary/aromatic N) is 4. The first-order valence-electron chi connectivity index (χ1n) is 10.7. The minimum atomic E-state index is -0.186. The molecule has 0 aliphatic carbocycles. The first kappa shape index (κ1) is 21.4. The summed E-state index contributed by atoms with van der Waals surface area (Å²) in [6.45, 7) is 8.16. The average molecular weight is 430 g/mol. The Balaban J connectivity index is 1.58. The van der Waals surface area contributed by atoms with Gasteiger partial charge in [0.05, 0.1) is 12.8 Å². The fourth-order valence-corrected chi connectivity index (χ4v) is 3.64. The number of carbonyl (C=O) groups is 1. The van der Waals surface area contributed by atoms with E-state index in [0.717, 1.165) is 29.9 Å². The molecule has 32 heavy (non-hydrogen) atoms. The van der Waals surface area contributed by atoms with Crippen LogP contribution in [-0.2, 0) is 0 Å². The molecule has 0 saturated heterocycles. The lowest BCUT2D eigenvalue weighted by atomic mass is 10.1. The number of methoxy groups -OCH3 is 1. The van der Waals surface area contributed by atoms with Crippen LogP contribution < -0.4 is 15.0 Å². The van der Waals surface area contributed by atoms with Crippen LogP contribution in [0.15, 0.2) is 60.7 Å². The van der Waals surface area contributed by atoms with E-state index < -0.39 is 0 Å². The highest BCUT2D eigenvalue weighted by Crippen LogP contribution is 2.24. The van der Waals surface area contributed by atoms with E-state index >= 15 is 0 Å². The van der Waals surface area contributed by atoms with Gasteiger partial charge in [0.2, 0.25) is 0 Å². The zero-order valence-electron chi connectivity index (χ0n) is 18.8. The van der Waals surface area contributed by atoms with Crippen molar-refractivity contribution in [3.63, 3.8) is 0 Å². The molecule has 1 heterocycles. The fraction of sp³-hybridized carbons (Fsp3) is 0.240. The number of aromatic nitrogens is 3. The summed E-state index contributed by atoms with van der Waals surface area (Å²) in [5.41, 5.74) is 5.74. The van der Waals surface area contributed by atoms with Crippen molar-refractivity contribution in [3.8, 4) is 11.4 Å². The van der Waals surface area contributed by atoms with Crippen molar-refractivity contribution < 1.29 is 9.53 Å². The molecule has 7 heteroatoms. The number of nitrogens with one attached hydrogen (secondary N) is 1. The van der Waals surface area contributed by atoms with Crippen LogP contribution in [0.3, 0.4) is 0 Å². The van der Waals surface area contributed by atoms with Crippen LogP contribution in [-0.4, -0.2) is 41.1 Å². The van der Waals surface area contributed by atoms with Crippen LogP contribution in [0.25, 0.3) is 16.7 Å². The molecule has 0 unspecified atom stereocenters. The largest absolute Gasteiger partial charge is 0.497 e. The topological polar surface area (TPSA) is 72.3 Å². The summed E-state index contributed by atoms with van der Waals surface area (Å²) in [5, 5.41) is 12.2. The monoisotopic (exact) mass is 429 g/mol. The number of ether oxygens (including phenoxy) is 1. The molecule has 1 amide bonds. The number of anilines is 2. The van der Waals surface area contributed by atoms with Crippen molar-refractivity contribution in [2.75, 3.05) is 30.4 Å². The van der Waals surface area contributed by atoms with Gasteiger partial charge in [0, 0.05) is 30.0 Å². The number of rotatable bonds is 7. The van der Waals surface area contributed by atoms with Gasteiger partial charge in [0.15, 0.2) is 0 Å². The first-order valence-corrected chi connectivity index (χ1v) is 10.7. The van der Waals surface area contributed by atoms with Gasteiger partial charge in [-0.2, -0.15) is 4.80 Å². The van der Waals surface area contributed by atoms with E-state index in [2.05, 4.69) is 46.4 Å². The zero-order valence-corrected chi connectivity index (χ0v) is 18.8. The van der Waals surface area contributed by atoms with Crippen molar-refractivity contribution in [1.29, 1.82) is 0 Å². The van der Waals surface area contributed by atoms with Crippen molar-refractivity contribution in [2.24, 2.45) is 0 Å². The van der Waals surface area contributed by atoms with Gasteiger partial charge in [0.25, 0.3) is 5.91 Å². The van der Waals surface area contributed by atoms with Crippen LogP contribution in [0.5, 0.6) is 5.75 Å². The SMILES string of the molecule is CCN(CC)c1ccc(-n2nc3cc(C)c(NC(=O)c4ccc(OC)cc4)cc3n2)cc1. The molecule has 0 bridgehead atoms. The maximum absolute atomic E-state index is 12.7. The number of carbonyl (C=O) groups excluding carboxylic acids is 1. The molecule has 0 spiro atoms. The van der Waals surface area contributed by atoms with Crippen LogP contribution in [0.4, 0.5) is 11.4 Å². The second kappa shape index (κ2) is 9.09. The average Bonchev–Trinajstić information content (AvgIpc) is 3.23. The quantitative estimate of drug-likeness (QED) is 0.455. The van der Waals surface area contributed by atoms with Gasteiger partial charge in [-0.05, 0) is 87.0 Å². The Bertz CT molecular complexity index is 1230. The van der Waals surface area contributed by atoms with Crippen LogP contribution in [0.2, 0.25) is 0 Å². The maximum atomic E-state index is 12.7.